The van der Waals surface area contributed by atoms with Gasteiger partial charge in [-0.15, -0.1) is 0 Å². The maximum absolute atomic E-state index is 5.17. The molecule has 1 aromatic carbocycles. The van der Waals surface area contributed by atoms with E-state index in [0.717, 1.165) is 22.8 Å². The van der Waals surface area contributed by atoms with Crippen molar-refractivity contribution >= 4 is 17.3 Å². The summed E-state index contributed by atoms with van der Waals surface area (Å²) in [6, 6.07) is 10.1. The zero-order valence-electron chi connectivity index (χ0n) is 14.8. The zero-order valence-corrected chi connectivity index (χ0v) is 14.8. The average molecular weight is 349 g/mol. The Morgan fingerprint density at radius 2 is 1.96 bits per heavy atom. The summed E-state index contributed by atoms with van der Waals surface area (Å²) in [6.45, 7) is 6.02. The number of anilines is 2. The van der Waals surface area contributed by atoms with Gasteiger partial charge in [0, 0.05) is 11.8 Å². The fourth-order valence-corrected chi connectivity index (χ4v) is 2.66. The van der Waals surface area contributed by atoms with Gasteiger partial charge in [-0.05, 0) is 30.5 Å². The second-order valence-electron chi connectivity index (χ2n) is 6.43. The molecule has 0 aliphatic rings. The van der Waals surface area contributed by atoms with Gasteiger partial charge in [-0.25, -0.2) is 4.98 Å². The molecule has 1 N–H and O–H groups in total. The number of aryl methyl sites for hydroxylation is 1. The molecule has 0 bridgehead atoms. The van der Waals surface area contributed by atoms with E-state index >= 15 is 0 Å². The lowest BCUT2D eigenvalue weighted by Gasteiger charge is -2.11. The predicted molar refractivity (Wildman–Crippen MR) is 96.4 cm³/mol. The molecule has 4 aromatic rings. The first-order valence-electron chi connectivity index (χ1n) is 8.44. The third kappa shape index (κ3) is 3.26. The summed E-state index contributed by atoms with van der Waals surface area (Å²) in [5.74, 6) is 2.98. The minimum Gasteiger partial charge on any atom is -0.340 e. The summed E-state index contributed by atoms with van der Waals surface area (Å²) < 4.78 is 6.86. The molecule has 8 heteroatoms. The maximum Gasteiger partial charge on any atom is 0.254 e. The van der Waals surface area contributed by atoms with Crippen LogP contribution in [0, 0.1) is 6.92 Å². The van der Waals surface area contributed by atoms with Crippen LogP contribution in [0.3, 0.4) is 0 Å². The molecular weight excluding hydrogens is 330 g/mol. The number of hydrogen-bond donors (Lipinski definition) is 1. The van der Waals surface area contributed by atoms with Gasteiger partial charge in [0.2, 0.25) is 5.89 Å². The summed E-state index contributed by atoms with van der Waals surface area (Å²) in [7, 11) is 0. The molecule has 0 fully saturated rings. The van der Waals surface area contributed by atoms with Crippen LogP contribution >= 0.6 is 0 Å². The highest BCUT2D eigenvalue weighted by Gasteiger charge is 2.10. The van der Waals surface area contributed by atoms with Crippen molar-refractivity contribution in [3.8, 4) is 0 Å². The highest BCUT2D eigenvalue weighted by atomic mass is 16.5. The first-order chi connectivity index (χ1) is 12.6. The largest absolute Gasteiger partial charge is 0.340 e. The minimum atomic E-state index is 0.303. The highest BCUT2D eigenvalue weighted by molar-refractivity contribution is 5.59. The summed E-state index contributed by atoms with van der Waals surface area (Å²) >= 11 is 0. The molecule has 3 heterocycles. The average Bonchev–Trinajstić information content (AvgIpc) is 3.25. The lowest BCUT2D eigenvalue weighted by molar-refractivity contribution is 0.381. The van der Waals surface area contributed by atoms with Crippen LogP contribution < -0.4 is 5.32 Å². The number of rotatable bonds is 5. The van der Waals surface area contributed by atoms with E-state index < -0.39 is 0 Å². The quantitative estimate of drug-likeness (QED) is 0.591. The van der Waals surface area contributed by atoms with E-state index in [1.807, 2.05) is 37.3 Å². The Morgan fingerprint density at radius 1 is 1.15 bits per heavy atom. The Hall–Kier alpha value is -3.29. The van der Waals surface area contributed by atoms with Crippen molar-refractivity contribution < 1.29 is 4.52 Å². The zero-order chi connectivity index (χ0) is 18.1. The number of nitrogens with one attached hydrogen (secondary N) is 1. The molecular formula is C18H19N7O. The van der Waals surface area contributed by atoms with Gasteiger partial charge in [0.1, 0.15) is 12.1 Å². The first-order valence-corrected chi connectivity index (χ1v) is 8.44. The van der Waals surface area contributed by atoms with Gasteiger partial charge in [-0.1, -0.05) is 31.1 Å². The van der Waals surface area contributed by atoms with Crippen molar-refractivity contribution in [3.05, 3.63) is 59.6 Å². The molecule has 0 saturated heterocycles. The molecule has 0 unspecified atom stereocenters. The van der Waals surface area contributed by atoms with Crippen LogP contribution in [-0.2, 0) is 6.42 Å². The van der Waals surface area contributed by atoms with Gasteiger partial charge in [0.05, 0.1) is 12.1 Å². The molecule has 0 spiro atoms. The molecule has 0 aliphatic carbocycles. The normalized spacial score (nSPS) is 11.4. The van der Waals surface area contributed by atoms with E-state index in [0.29, 0.717) is 29.8 Å². The smallest absolute Gasteiger partial charge is 0.254 e. The summed E-state index contributed by atoms with van der Waals surface area (Å²) in [6.07, 6.45) is 2.12. The van der Waals surface area contributed by atoms with E-state index in [9.17, 15) is 0 Å². The predicted octanol–water partition coefficient (Wildman–Crippen LogP) is 3.27. The van der Waals surface area contributed by atoms with Crippen molar-refractivity contribution in [2.45, 2.75) is 33.1 Å². The van der Waals surface area contributed by atoms with Crippen LogP contribution in [0.5, 0.6) is 0 Å². The Kier molecular flexibility index (Phi) is 4.08. The second kappa shape index (κ2) is 6.55. The van der Waals surface area contributed by atoms with E-state index in [1.54, 1.807) is 4.52 Å². The summed E-state index contributed by atoms with van der Waals surface area (Å²) in [5.41, 5.74) is 3.02. The van der Waals surface area contributed by atoms with Crippen molar-refractivity contribution in [3.63, 3.8) is 0 Å². The monoisotopic (exact) mass is 349 g/mol. The lowest BCUT2D eigenvalue weighted by atomic mass is 10.1. The van der Waals surface area contributed by atoms with Gasteiger partial charge in [-0.2, -0.15) is 19.6 Å². The molecule has 3 aromatic heterocycles. The van der Waals surface area contributed by atoms with Crippen LogP contribution in [0.25, 0.3) is 5.78 Å². The maximum atomic E-state index is 5.17. The second-order valence-corrected chi connectivity index (χ2v) is 6.43. The Labute approximate surface area is 150 Å². The first kappa shape index (κ1) is 16.2. The summed E-state index contributed by atoms with van der Waals surface area (Å²) in [4.78, 5) is 13.0. The molecule has 0 atom stereocenters. The molecule has 132 valence electrons. The molecule has 4 rings (SSSR count). The molecule has 0 saturated carbocycles. The Balaban J connectivity index is 1.57. The Morgan fingerprint density at radius 3 is 2.65 bits per heavy atom. The van der Waals surface area contributed by atoms with Crippen molar-refractivity contribution in [2.24, 2.45) is 0 Å². The highest BCUT2D eigenvalue weighted by Crippen LogP contribution is 2.22. The van der Waals surface area contributed by atoms with Crippen molar-refractivity contribution in [1.82, 2.24) is 29.7 Å². The minimum absolute atomic E-state index is 0.303. The number of nitrogens with zero attached hydrogens (tertiary/aromatic N) is 6. The third-order valence-corrected chi connectivity index (χ3v) is 4.01. The molecule has 0 amide bonds. The third-order valence-electron chi connectivity index (χ3n) is 4.01. The Bertz CT molecular complexity index is 1030. The van der Waals surface area contributed by atoms with Crippen LogP contribution in [0.15, 0.2) is 41.2 Å². The van der Waals surface area contributed by atoms with Crippen LogP contribution in [0.1, 0.15) is 42.7 Å². The summed E-state index contributed by atoms with van der Waals surface area (Å²) in [5, 5.41) is 11.4. The number of aromatic nitrogens is 6. The van der Waals surface area contributed by atoms with E-state index in [4.69, 9.17) is 4.52 Å². The topological polar surface area (TPSA) is 94.0 Å². The van der Waals surface area contributed by atoms with Gasteiger partial charge in [0.25, 0.3) is 5.78 Å². The standard InChI is InChI=1S/C18H19N7O/c1-11(2)15-9-16(25-18(23-15)19-10-20-25)22-14-6-4-13(5-7-14)8-17-21-12(3)24-26-17/h4-7,9-11,22H,8H2,1-3H3. The molecule has 0 aliphatic heterocycles. The van der Waals surface area contributed by atoms with Crippen molar-refractivity contribution in [1.29, 1.82) is 0 Å². The molecule has 0 radical (unpaired) electrons. The molecule has 8 nitrogen and oxygen atoms in total. The van der Waals surface area contributed by atoms with Gasteiger partial charge < -0.3 is 9.84 Å². The van der Waals surface area contributed by atoms with Crippen LogP contribution in [0.2, 0.25) is 0 Å². The van der Waals surface area contributed by atoms with Gasteiger partial charge in [0.15, 0.2) is 5.82 Å². The van der Waals surface area contributed by atoms with E-state index in [1.165, 1.54) is 6.33 Å². The SMILES string of the molecule is Cc1noc(Cc2ccc(Nc3cc(C(C)C)nc4ncnn34)cc2)n1. The van der Waals surface area contributed by atoms with Crippen LogP contribution in [0.4, 0.5) is 11.5 Å². The number of hydrogen-bond acceptors (Lipinski definition) is 7. The fourth-order valence-electron chi connectivity index (χ4n) is 2.66. The van der Waals surface area contributed by atoms with Gasteiger partial charge in [-0.3, -0.25) is 0 Å². The van der Waals surface area contributed by atoms with Gasteiger partial charge >= 0.3 is 0 Å². The molecule has 26 heavy (non-hydrogen) atoms. The van der Waals surface area contributed by atoms with Crippen LogP contribution in [-0.4, -0.2) is 29.7 Å². The number of fused-ring (bicyclic) bond motifs is 1. The van der Waals surface area contributed by atoms with E-state index in [2.05, 4.69) is 44.4 Å². The lowest BCUT2D eigenvalue weighted by Crippen LogP contribution is -2.05. The number of benzene rings is 1. The van der Waals surface area contributed by atoms with Crippen molar-refractivity contribution in [2.75, 3.05) is 5.32 Å². The van der Waals surface area contributed by atoms with E-state index in [-0.39, 0.29) is 0 Å². The fraction of sp³-hybridized carbons (Fsp3) is 0.278.